The summed E-state index contributed by atoms with van der Waals surface area (Å²) in [5.41, 5.74) is 2.16. The van der Waals surface area contributed by atoms with E-state index in [1.807, 2.05) is 30.0 Å². The summed E-state index contributed by atoms with van der Waals surface area (Å²) in [4.78, 5) is 14.0. The Morgan fingerprint density at radius 3 is 3.06 bits per heavy atom. The van der Waals surface area contributed by atoms with Gasteiger partial charge in [-0.15, -0.1) is 0 Å². The summed E-state index contributed by atoms with van der Waals surface area (Å²) in [7, 11) is 0. The standard InChI is InChI=1S/C14H20N2O2/c1-3-18-10-14(17)16-9-11(2)15-8-12-6-4-5-7-13(12)16/h4-7,11,15H,3,8-10H2,1-2H3. The molecule has 0 fully saturated rings. The Morgan fingerprint density at radius 2 is 2.28 bits per heavy atom. The SMILES string of the molecule is CCOCC(=O)N1CC(C)NCc2ccccc21. The molecule has 0 bridgehead atoms. The number of hydrogen-bond acceptors (Lipinski definition) is 3. The third kappa shape index (κ3) is 2.89. The second-order valence-electron chi connectivity index (χ2n) is 4.55. The Kier molecular flexibility index (Phi) is 4.33. The van der Waals surface area contributed by atoms with Gasteiger partial charge < -0.3 is 15.0 Å². The minimum Gasteiger partial charge on any atom is -0.372 e. The lowest BCUT2D eigenvalue weighted by Crippen LogP contribution is -2.41. The van der Waals surface area contributed by atoms with Crippen LogP contribution in [0.3, 0.4) is 0 Å². The predicted octanol–water partition coefficient (Wildman–Crippen LogP) is 1.55. The first-order valence-electron chi connectivity index (χ1n) is 6.41. The van der Waals surface area contributed by atoms with Crippen LogP contribution in [0.25, 0.3) is 0 Å². The number of carbonyl (C=O) groups excluding carboxylic acids is 1. The molecule has 98 valence electrons. The molecular weight excluding hydrogens is 228 g/mol. The smallest absolute Gasteiger partial charge is 0.253 e. The van der Waals surface area contributed by atoms with Gasteiger partial charge in [-0.3, -0.25) is 4.79 Å². The van der Waals surface area contributed by atoms with Crippen LogP contribution in [0.5, 0.6) is 0 Å². The van der Waals surface area contributed by atoms with E-state index in [0.29, 0.717) is 13.2 Å². The van der Waals surface area contributed by atoms with Crippen molar-refractivity contribution in [1.82, 2.24) is 5.32 Å². The highest BCUT2D eigenvalue weighted by Crippen LogP contribution is 2.23. The van der Waals surface area contributed by atoms with Crippen LogP contribution in [0, 0.1) is 0 Å². The third-order valence-electron chi connectivity index (χ3n) is 3.11. The Morgan fingerprint density at radius 1 is 1.50 bits per heavy atom. The topological polar surface area (TPSA) is 41.6 Å². The van der Waals surface area contributed by atoms with Crippen LogP contribution in [-0.2, 0) is 16.1 Å². The fourth-order valence-corrected chi connectivity index (χ4v) is 2.15. The maximum atomic E-state index is 12.2. The average molecular weight is 248 g/mol. The van der Waals surface area contributed by atoms with Crippen molar-refractivity contribution in [3.63, 3.8) is 0 Å². The maximum Gasteiger partial charge on any atom is 0.253 e. The van der Waals surface area contributed by atoms with Crippen molar-refractivity contribution >= 4 is 11.6 Å². The zero-order chi connectivity index (χ0) is 13.0. The van der Waals surface area contributed by atoms with Crippen molar-refractivity contribution in [3.8, 4) is 0 Å². The molecule has 1 amide bonds. The fourth-order valence-electron chi connectivity index (χ4n) is 2.15. The van der Waals surface area contributed by atoms with Crippen LogP contribution in [-0.4, -0.2) is 31.7 Å². The summed E-state index contributed by atoms with van der Waals surface area (Å²) in [6, 6.07) is 8.31. The van der Waals surface area contributed by atoms with Crippen LogP contribution in [0.4, 0.5) is 5.69 Å². The number of para-hydroxylation sites is 1. The van der Waals surface area contributed by atoms with E-state index >= 15 is 0 Å². The molecule has 0 spiro atoms. The molecule has 1 N–H and O–H groups in total. The first-order valence-corrected chi connectivity index (χ1v) is 6.41. The molecular formula is C14H20N2O2. The number of anilines is 1. The van der Waals surface area contributed by atoms with E-state index < -0.39 is 0 Å². The van der Waals surface area contributed by atoms with Crippen molar-refractivity contribution < 1.29 is 9.53 Å². The van der Waals surface area contributed by atoms with Crippen LogP contribution in [0.15, 0.2) is 24.3 Å². The molecule has 1 aromatic carbocycles. The molecule has 18 heavy (non-hydrogen) atoms. The summed E-state index contributed by atoms with van der Waals surface area (Å²) in [5.74, 6) is 0.0276. The van der Waals surface area contributed by atoms with E-state index in [0.717, 1.165) is 17.8 Å². The number of nitrogens with one attached hydrogen (secondary N) is 1. The quantitative estimate of drug-likeness (QED) is 0.882. The number of fused-ring (bicyclic) bond motifs is 1. The van der Waals surface area contributed by atoms with Gasteiger partial charge in [-0.2, -0.15) is 0 Å². The van der Waals surface area contributed by atoms with E-state index in [1.165, 1.54) is 0 Å². The van der Waals surface area contributed by atoms with Gasteiger partial charge >= 0.3 is 0 Å². The highest BCUT2D eigenvalue weighted by molar-refractivity contribution is 5.95. The molecule has 1 aliphatic heterocycles. The van der Waals surface area contributed by atoms with E-state index in [2.05, 4.69) is 18.3 Å². The van der Waals surface area contributed by atoms with E-state index in [9.17, 15) is 4.79 Å². The first kappa shape index (κ1) is 13.1. The molecule has 1 atom stereocenters. The minimum absolute atomic E-state index is 0.0276. The Bertz CT molecular complexity index is 420. The van der Waals surface area contributed by atoms with Gasteiger partial charge in [-0.25, -0.2) is 0 Å². The summed E-state index contributed by atoms with van der Waals surface area (Å²) >= 11 is 0. The molecule has 1 heterocycles. The third-order valence-corrected chi connectivity index (χ3v) is 3.11. The predicted molar refractivity (Wildman–Crippen MR) is 71.6 cm³/mol. The van der Waals surface area contributed by atoms with Gasteiger partial charge in [0.15, 0.2) is 0 Å². The summed E-state index contributed by atoms with van der Waals surface area (Å²) in [5, 5.41) is 3.41. The molecule has 1 unspecified atom stereocenters. The second kappa shape index (κ2) is 5.98. The molecule has 0 radical (unpaired) electrons. The normalized spacial score (nSPS) is 19.2. The van der Waals surface area contributed by atoms with Gasteiger partial charge in [-0.1, -0.05) is 18.2 Å². The van der Waals surface area contributed by atoms with Crippen LogP contribution >= 0.6 is 0 Å². The zero-order valence-corrected chi connectivity index (χ0v) is 11.0. The number of ether oxygens (including phenoxy) is 1. The fraction of sp³-hybridized carbons (Fsp3) is 0.500. The summed E-state index contributed by atoms with van der Waals surface area (Å²) in [6.45, 7) is 6.19. The molecule has 1 aromatic rings. The van der Waals surface area contributed by atoms with Crippen LogP contribution in [0.1, 0.15) is 19.4 Å². The number of benzene rings is 1. The van der Waals surface area contributed by atoms with Gasteiger partial charge in [0.25, 0.3) is 5.91 Å². The van der Waals surface area contributed by atoms with Gasteiger partial charge in [0.2, 0.25) is 0 Å². The zero-order valence-electron chi connectivity index (χ0n) is 11.0. The highest BCUT2D eigenvalue weighted by Gasteiger charge is 2.23. The number of hydrogen-bond donors (Lipinski definition) is 1. The Labute approximate surface area is 108 Å². The van der Waals surface area contributed by atoms with Gasteiger partial charge in [0.05, 0.1) is 0 Å². The molecule has 0 aromatic heterocycles. The molecule has 0 saturated heterocycles. The molecule has 4 nitrogen and oxygen atoms in total. The van der Waals surface area contributed by atoms with Crippen molar-refractivity contribution in [2.75, 3.05) is 24.7 Å². The van der Waals surface area contributed by atoms with Gasteiger partial charge in [0.1, 0.15) is 6.61 Å². The summed E-state index contributed by atoms with van der Waals surface area (Å²) < 4.78 is 5.23. The number of carbonyl (C=O) groups is 1. The lowest BCUT2D eigenvalue weighted by molar-refractivity contribution is -0.123. The largest absolute Gasteiger partial charge is 0.372 e. The van der Waals surface area contributed by atoms with Gasteiger partial charge in [0, 0.05) is 31.4 Å². The van der Waals surface area contributed by atoms with E-state index in [4.69, 9.17) is 4.74 Å². The van der Waals surface area contributed by atoms with E-state index in [-0.39, 0.29) is 18.6 Å². The Balaban J connectivity index is 2.23. The van der Waals surface area contributed by atoms with Crippen LogP contribution < -0.4 is 10.2 Å². The second-order valence-corrected chi connectivity index (χ2v) is 4.55. The van der Waals surface area contributed by atoms with Crippen molar-refractivity contribution in [2.24, 2.45) is 0 Å². The average Bonchev–Trinajstić information content (AvgIpc) is 2.56. The van der Waals surface area contributed by atoms with Crippen molar-refractivity contribution in [3.05, 3.63) is 29.8 Å². The number of rotatable bonds is 3. The molecule has 0 aliphatic carbocycles. The summed E-state index contributed by atoms with van der Waals surface area (Å²) in [6.07, 6.45) is 0. The number of amides is 1. The lowest BCUT2D eigenvalue weighted by atomic mass is 10.1. The molecule has 2 rings (SSSR count). The van der Waals surface area contributed by atoms with Gasteiger partial charge in [-0.05, 0) is 25.5 Å². The first-order chi connectivity index (χ1) is 8.72. The Hall–Kier alpha value is -1.39. The molecule has 0 saturated carbocycles. The molecule has 1 aliphatic rings. The van der Waals surface area contributed by atoms with Crippen molar-refractivity contribution in [2.45, 2.75) is 26.4 Å². The van der Waals surface area contributed by atoms with Crippen LogP contribution in [0.2, 0.25) is 0 Å². The van der Waals surface area contributed by atoms with Crippen molar-refractivity contribution in [1.29, 1.82) is 0 Å². The monoisotopic (exact) mass is 248 g/mol. The lowest BCUT2D eigenvalue weighted by Gasteiger charge is -2.24. The number of nitrogens with zero attached hydrogens (tertiary/aromatic N) is 1. The highest BCUT2D eigenvalue weighted by atomic mass is 16.5. The molecule has 4 heteroatoms. The maximum absolute atomic E-state index is 12.2. The van der Waals surface area contributed by atoms with E-state index in [1.54, 1.807) is 0 Å². The minimum atomic E-state index is 0.0276.